The zero-order valence-electron chi connectivity index (χ0n) is 21.6. The summed E-state index contributed by atoms with van der Waals surface area (Å²) in [6.07, 6.45) is -10.8. The van der Waals surface area contributed by atoms with Crippen LogP contribution in [0.25, 0.3) is 22.3 Å². The molecule has 2 aliphatic rings. The van der Waals surface area contributed by atoms with Crippen molar-refractivity contribution in [2.45, 2.75) is 55.6 Å². The number of fused-ring (bicyclic) bond motifs is 2. The third-order valence-corrected chi connectivity index (χ3v) is 8.44. The van der Waals surface area contributed by atoms with Gasteiger partial charge in [-0.15, -0.1) is 5.10 Å². The van der Waals surface area contributed by atoms with Crippen molar-refractivity contribution in [2.24, 2.45) is 0 Å². The molecule has 0 spiro atoms. The number of aromatic amines is 1. The lowest BCUT2D eigenvalue weighted by Gasteiger charge is -2.26. The smallest absolute Gasteiger partial charge is 0.325 e. The standard InChI is InChI=1S/C20H24F2N11O8PS/c21-8-6(1-2-34)39-19(32-5-27-11-16(32)28-20(24)29-17(11)36)13(8)41-42(37,43)38-3-7-12(35)9(22)18(40-7)33-15-10(30-31-33)14(23)25-4-26-15/h4-9,12-13,18-19,34-35H,1-3H2,(H,37,43)(H2,23,25,26)(H3,24,28,29,36)/t6-,7-,8-,9+,12-,13-,18-,19-,42?/m1/s1. The Hall–Kier alpha value is -3.34. The summed E-state index contributed by atoms with van der Waals surface area (Å²) in [5.74, 6) is -0.247. The number of nitrogens with zero attached hydrogens (tertiary/aromatic N) is 8. The first kappa shape index (κ1) is 29.7. The van der Waals surface area contributed by atoms with Crippen LogP contribution in [0.4, 0.5) is 20.5 Å². The topological polar surface area (TPSA) is 270 Å². The van der Waals surface area contributed by atoms with Crippen molar-refractivity contribution < 1.29 is 42.4 Å². The second kappa shape index (κ2) is 11.3. The van der Waals surface area contributed by atoms with Crippen molar-refractivity contribution in [2.75, 3.05) is 24.7 Å². The Bertz CT molecular complexity index is 1760. The molecule has 1 unspecified atom stereocenters. The van der Waals surface area contributed by atoms with Gasteiger partial charge in [-0.2, -0.15) is 9.67 Å². The van der Waals surface area contributed by atoms with E-state index in [1.165, 1.54) is 4.57 Å². The summed E-state index contributed by atoms with van der Waals surface area (Å²) in [5.41, 5.74) is 10.7. The third kappa shape index (κ3) is 5.34. The number of ether oxygens (including phenoxy) is 2. The van der Waals surface area contributed by atoms with E-state index in [2.05, 4.69) is 35.2 Å². The fourth-order valence-electron chi connectivity index (χ4n) is 4.86. The molecular weight excluding hydrogens is 623 g/mol. The minimum Gasteiger partial charge on any atom is -0.396 e. The molecule has 6 rings (SSSR count). The van der Waals surface area contributed by atoms with E-state index < -0.39 is 74.7 Å². The van der Waals surface area contributed by atoms with Crippen LogP contribution in [0.15, 0.2) is 17.4 Å². The number of alkyl halides is 2. The second-order valence-electron chi connectivity index (χ2n) is 9.60. The largest absolute Gasteiger partial charge is 0.396 e. The van der Waals surface area contributed by atoms with Gasteiger partial charge < -0.3 is 40.6 Å². The van der Waals surface area contributed by atoms with E-state index in [1.54, 1.807) is 0 Å². The number of H-pyrrole nitrogens is 1. The molecule has 8 N–H and O–H groups in total. The number of rotatable bonds is 9. The van der Waals surface area contributed by atoms with E-state index in [0.717, 1.165) is 17.3 Å². The Morgan fingerprint density at radius 3 is 2.65 bits per heavy atom. The van der Waals surface area contributed by atoms with Crippen molar-refractivity contribution in [1.29, 1.82) is 0 Å². The number of anilines is 2. The summed E-state index contributed by atoms with van der Waals surface area (Å²) in [6, 6.07) is 0. The zero-order chi connectivity index (χ0) is 30.6. The van der Waals surface area contributed by atoms with Crippen LogP contribution in [0.3, 0.4) is 0 Å². The van der Waals surface area contributed by atoms with Gasteiger partial charge in [0.05, 0.1) is 19.0 Å². The number of aliphatic hydroxyl groups is 2. The highest BCUT2D eigenvalue weighted by Gasteiger charge is 2.51. The minimum atomic E-state index is -4.35. The number of imidazole rings is 1. The highest BCUT2D eigenvalue weighted by molar-refractivity contribution is 8.07. The van der Waals surface area contributed by atoms with Gasteiger partial charge in [0.1, 0.15) is 24.6 Å². The first-order valence-corrected chi connectivity index (χ1v) is 15.2. The SMILES string of the molecule is Nc1nc2c(ncn2[C@@H]2O[C@H](CCO)[C@@H](F)[C@H]2OP(O)(=S)OC[C@H]2O[C@@H](n3nnc4c(N)ncnc43)[C@@H](F)[C@@H]2O)c(=O)[nH]1. The normalized spacial score (nSPS) is 30.8. The predicted molar refractivity (Wildman–Crippen MR) is 143 cm³/mol. The summed E-state index contributed by atoms with van der Waals surface area (Å²) in [7, 11) is 0. The molecule has 4 aromatic rings. The molecule has 2 aliphatic heterocycles. The van der Waals surface area contributed by atoms with E-state index in [9.17, 15) is 19.9 Å². The lowest BCUT2D eigenvalue weighted by atomic mass is 10.1. The first-order valence-electron chi connectivity index (χ1n) is 12.6. The maximum absolute atomic E-state index is 15.5. The molecule has 4 aromatic heterocycles. The van der Waals surface area contributed by atoms with Gasteiger partial charge in [0.25, 0.3) is 5.56 Å². The molecule has 9 atom stereocenters. The van der Waals surface area contributed by atoms with Gasteiger partial charge in [0, 0.05) is 6.61 Å². The first-order chi connectivity index (χ1) is 20.5. The van der Waals surface area contributed by atoms with Gasteiger partial charge in [0.15, 0.2) is 52.9 Å². The molecule has 0 aromatic carbocycles. The Balaban J connectivity index is 1.19. The molecule has 6 heterocycles. The Kier molecular flexibility index (Phi) is 7.81. The summed E-state index contributed by atoms with van der Waals surface area (Å²) in [4.78, 5) is 41.1. The van der Waals surface area contributed by atoms with Gasteiger partial charge in [0.2, 0.25) is 5.95 Å². The van der Waals surface area contributed by atoms with Crippen molar-refractivity contribution >= 4 is 52.6 Å². The number of hydrogen-bond donors (Lipinski definition) is 6. The molecule has 43 heavy (non-hydrogen) atoms. The van der Waals surface area contributed by atoms with Crippen LogP contribution in [0.2, 0.25) is 0 Å². The Morgan fingerprint density at radius 1 is 1.12 bits per heavy atom. The van der Waals surface area contributed by atoms with Crippen LogP contribution in [0.5, 0.6) is 0 Å². The minimum absolute atomic E-state index is 0.000427. The van der Waals surface area contributed by atoms with Gasteiger partial charge >= 0.3 is 6.72 Å². The molecule has 23 heteroatoms. The molecule has 19 nitrogen and oxygen atoms in total. The number of hydrogen-bond acceptors (Lipinski definition) is 16. The summed E-state index contributed by atoms with van der Waals surface area (Å²) < 4.78 is 55.0. The average molecular weight is 648 g/mol. The summed E-state index contributed by atoms with van der Waals surface area (Å²) >= 11 is 5.09. The zero-order valence-corrected chi connectivity index (χ0v) is 23.3. The fraction of sp³-hybridized carbons (Fsp3) is 0.550. The number of nitrogens with one attached hydrogen (secondary N) is 1. The number of aromatic nitrogens is 9. The lowest BCUT2D eigenvalue weighted by molar-refractivity contribution is -0.0556. The molecule has 0 saturated carbocycles. The van der Waals surface area contributed by atoms with Crippen molar-refractivity contribution in [3.8, 4) is 0 Å². The Labute approximate surface area is 243 Å². The van der Waals surface area contributed by atoms with Crippen molar-refractivity contribution in [3.63, 3.8) is 0 Å². The van der Waals surface area contributed by atoms with E-state index in [1.807, 2.05) is 0 Å². The average Bonchev–Trinajstić information content (AvgIpc) is 3.71. The molecule has 2 saturated heterocycles. The van der Waals surface area contributed by atoms with E-state index >= 15 is 8.78 Å². The maximum atomic E-state index is 15.5. The quantitative estimate of drug-likeness (QED) is 0.111. The summed E-state index contributed by atoms with van der Waals surface area (Å²) in [5, 5.41) is 27.5. The van der Waals surface area contributed by atoms with Gasteiger partial charge in [-0.05, 0) is 18.2 Å². The predicted octanol–water partition coefficient (Wildman–Crippen LogP) is -1.65. The third-order valence-electron chi connectivity index (χ3n) is 6.88. The molecular formula is C20H24F2N11O8PS. The molecule has 0 radical (unpaired) electrons. The number of halogens is 2. The van der Waals surface area contributed by atoms with Gasteiger partial charge in [-0.3, -0.25) is 18.9 Å². The summed E-state index contributed by atoms with van der Waals surface area (Å²) in [6.45, 7) is -5.46. The van der Waals surface area contributed by atoms with Gasteiger partial charge in [-0.25, -0.2) is 23.7 Å². The molecule has 0 amide bonds. The van der Waals surface area contributed by atoms with E-state index in [4.69, 9.17) is 41.8 Å². The molecule has 2 fully saturated rings. The highest BCUT2D eigenvalue weighted by Crippen LogP contribution is 2.51. The van der Waals surface area contributed by atoms with Crippen LogP contribution < -0.4 is 17.0 Å². The van der Waals surface area contributed by atoms with Crippen LogP contribution in [0, 0.1) is 0 Å². The lowest BCUT2D eigenvalue weighted by Crippen LogP contribution is -2.33. The van der Waals surface area contributed by atoms with E-state index in [0.29, 0.717) is 0 Å². The highest BCUT2D eigenvalue weighted by atomic mass is 32.5. The monoisotopic (exact) mass is 647 g/mol. The second-order valence-corrected chi connectivity index (χ2v) is 12.4. The van der Waals surface area contributed by atoms with E-state index in [-0.39, 0.29) is 40.5 Å². The number of aliphatic hydroxyl groups excluding tert-OH is 2. The van der Waals surface area contributed by atoms with Crippen LogP contribution in [0.1, 0.15) is 18.9 Å². The van der Waals surface area contributed by atoms with Crippen molar-refractivity contribution in [3.05, 3.63) is 23.0 Å². The van der Waals surface area contributed by atoms with Crippen molar-refractivity contribution in [1.82, 2.24) is 44.5 Å². The maximum Gasteiger partial charge on any atom is 0.325 e. The number of nitrogen functional groups attached to an aromatic ring is 2. The van der Waals surface area contributed by atoms with Crippen LogP contribution in [-0.4, -0.2) is 110 Å². The molecule has 0 bridgehead atoms. The molecule has 0 aliphatic carbocycles. The number of nitrogens with two attached hydrogens (primary N) is 2. The van der Waals surface area contributed by atoms with Crippen LogP contribution >= 0.6 is 6.72 Å². The van der Waals surface area contributed by atoms with Crippen LogP contribution in [-0.2, 0) is 30.3 Å². The molecule has 232 valence electrons. The fourth-order valence-corrected chi connectivity index (χ4v) is 6.27. The Morgan fingerprint density at radius 2 is 1.88 bits per heavy atom. The van der Waals surface area contributed by atoms with Gasteiger partial charge in [-0.1, -0.05) is 5.21 Å².